The van der Waals surface area contributed by atoms with Gasteiger partial charge in [-0.3, -0.25) is 4.79 Å². The number of hydrazine groups is 2. The molecule has 0 spiro atoms. The van der Waals surface area contributed by atoms with Crippen LogP contribution < -0.4 is 10.9 Å². The fourth-order valence-electron chi connectivity index (χ4n) is 2.88. The van der Waals surface area contributed by atoms with Crippen molar-refractivity contribution in [2.45, 2.75) is 27.7 Å². The summed E-state index contributed by atoms with van der Waals surface area (Å²) in [5.41, 5.74) is 10.8. The first-order valence-electron chi connectivity index (χ1n) is 10.7. The molecule has 0 aliphatic heterocycles. The molecule has 0 saturated carbocycles. The van der Waals surface area contributed by atoms with Crippen molar-refractivity contribution < 1.29 is 4.79 Å². The first kappa shape index (κ1) is 23.4. The van der Waals surface area contributed by atoms with Gasteiger partial charge in [0.15, 0.2) is 5.78 Å². The monoisotopic (exact) mass is 406 g/mol. The zero-order valence-corrected chi connectivity index (χ0v) is 18.6. The minimum Gasteiger partial charge on any atom is -0.319 e. The van der Waals surface area contributed by atoms with E-state index in [2.05, 4.69) is 48.6 Å². The van der Waals surface area contributed by atoms with Gasteiger partial charge in [-0.25, -0.2) is 10.0 Å². The molecule has 2 rings (SSSR count). The van der Waals surface area contributed by atoms with E-state index in [-0.39, 0.29) is 5.78 Å². The van der Waals surface area contributed by atoms with Gasteiger partial charge in [-0.2, -0.15) is 0 Å². The number of nitrogens with zero attached hydrogens (tertiary/aromatic N) is 2. The quantitative estimate of drug-likeness (QED) is 0.369. The molecule has 0 aliphatic carbocycles. The van der Waals surface area contributed by atoms with Crippen LogP contribution in [0.2, 0.25) is 0 Å². The SMILES string of the molecule is CCN(CC)Nc1ccc(C=CC(=O)C=Cc2ccc(NN(CC)CC)cc2)cc1. The maximum absolute atomic E-state index is 12.2. The lowest BCUT2D eigenvalue weighted by Crippen LogP contribution is -2.29. The molecule has 0 atom stereocenters. The summed E-state index contributed by atoms with van der Waals surface area (Å²) in [6.45, 7) is 12.2. The molecular formula is C25H34N4O. The molecule has 0 aromatic heterocycles. The highest BCUT2D eigenvalue weighted by atomic mass is 16.1. The first-order valence-corrected chi connectivity index (χ1v) is 10.7. The van der Waals surface area contributed by atoms with E-state index < -0.39 is 0 Å². The molecule has 0 radical (unpaired) electrons. The number of hydrogen-bond donors (Lipinski definition) is 2. The Labute approximate surface area is 181 Å². The molecule has 5 heteroatoms. The summed E-state index contributed by atoms with van der Waals surface area (Å²) in [6, 6.07) is 16.1. The lowest BCUT2D eigenvalue weighted by molar-refractivity contribution is -0.110. The maximum atomic E-state index is 12.2. The van der Waals surface area contributed by atoms with E-state index in [0.717, 1.165) is 48.7 Å². The number of rotatable bonds is 12. The van der Waals surface area contributed by atoms with Crippen molar-refractivity contribution in [1.29, 1.82) is 0 Å². The molecule has 0 amide bonds. The van der Waals surface area contributed by atoms with Crippen molar-refractivity contribution in [3.8, 4) is 0 Å². The van der Waals surface area contributed by atoms with Gasteiger partial charge in [-0.05, 0) is 47.5 Å². The van der Waals surface area contributed by atoms with Gasteiger partial charge >= 0.3 is 0 Å². The van der Waals surface area contributed by atoms with E-state index in [1.54, 1.807) is 12.2 Å². The zero-order chi connectivity index (χ0) is 21.8. The van der Waals surface area contributed by atoms with E-state index in [1.807, 2.05) is 60.7 Å². The Hall–Kier alpha value is -2.89. The van der Waals surface area contributed by atoms with E-state index in [4.69, 9.17) is 0 Å². The zero-order valence-electron chi connectivity index (χ0n) is 18.6. The number of hydrogen-bond acceptors (Lipinski definition) is 5. The van der Waals surface area contributed by atoms with Crippen molar-refractivity contribution >= 4 is 29.3 Å². The van der Waals surface area contributed by atoms with Crippen LogP contribution in [0.3, 0.4) is 0 Å². The second-order valence-electron chi connectivity index (χ2n) is 6.88. The molecule has 0 unspecified atom stereocenters. The Bertz CT molecular complexity index is 748. The van der Waals surface area contributed by atoms with Gasteiger partial charge in [-0.15, -0.1) is 0 Å². The minimum absolute atomic E-state index is 0.0364. The number of anilines is 2. The summed E-state index contributed by atoms with van der Waals surface area (Å²) in [6.07, 6.45) is 6.87. The number of carbonyl (C=O) groups excluding carboxylic acids is 1. The molecule has 5 nitrogen and oxygen atoms in total. The second kappa shape index (κ2) is 12.6. The summed E-state index contributed by atoms with van der Waals surface area (Å²) in [5.74, 6) is -0.0364. The molecular weight excluding hydrogens is 372 g/mol. The number of benzene rings is 2. The van der Waals surface area contributed by atoms with Gasteiger partial charge in [0.2, 0.25) is 0 Å². The molecule has 160 valence electrons. The van der Waals surface area contributed by atoms with Crippen molar-refractivity contribution in [1.82, 2.24) is 10.0 Å². The molecule has 0 heterocycles. The van der Waals surface area contributed by atoms with Crippen molar-refractivity contribution in [3.63, 3.8) is 0 Å². The highest BCUT2D eigenvalue weighted by molar-refractivity contribution is 6.04. The highest BCUT2D eigenvalue weighted by Crippen LogP contribution is 2.13. The average molecular weight is 407 g/mol. The van der Waals surface area contributed by atoms with E-state index >= 15 is 0 Å². The molecule has 0 fully saturated rings. The normalized spacial score (nSPS) is 11.7. The smallest absolute Gasteiger partial charge is 0.178 e. The first-order chi connectivity index (χ1) is 14.6. The molecule has 0 saturated heterocycles. The summed E-state index contributed by atoms with van der Waals surface area (Å²) < 4.78 is 0. The van der Waals surface area contributed by atoms with Gasteiger partial charge < -0.3 is 10.9 Å². The van der Waals surface area contributed by atoms with Crippen LogP contribution in [-0.2, 0) is 4.79 Å². The summed E-state index contributed by atoms with van der Waals surface area (Å²) in [7, 11) is 0. The third-order valence-corrected chi connectivity index (χ3v) is 4.80. The maximum Gasteiger partial charge on any atom is 0.178 e. The number of allylic oxidation sites excluding steroid dienone is 2. The third-order valence-electron chi connectivity index (χ3n) is 4.80. The molecule has 2 aromatic carbocycles. The summed E-state index contributed by atoms with van der Waals surface area (Å²) in [5, 5.41) is 4.26. The van der Waals surface area contributed by atoms with Crippen LogP contribution in [0, 0.1) is 0 Å². The van der Waals surface area contributed by atoms with Crippen molar-refractivity contribution in [2.24, 2.45) is 0 Å². The Morgan fingerprint density at radius 3 is 1.30 bits per heavy atom. The standard InChI is InChI=1S/C25H34N4O/c1-5-28(6-2)26-23-15-9-21(10-16-23)13-19-25(30)20-14-22-11-17-24(18-12-22)27-29(7-3)8-4/h9-20,26-27H,5-8H2,1-4H3. The van der Waals surface area contributed by atoms with Crippen LogP contribution >= 0.6 is 0 Å². The topological polar surface area (TPSA) is 47.6 Å². The molecule has 0 bridgehead atoms. The number of ketones is 1. The van der Waals surface area contributed by atoms with E-state index in [0.29, 0.717) is 0 Å². The summed E-state index contributed by atoms with van der Waals surface area (Å²) >= 11 is 0. The molecule has 30 heavy (non-hydrogen) atoms. The average Bonchev–Trinajstić information content (AvgIpc) is 2.79. The van der Waals surface area contributed by atoms with Crippen LogP contribution in [0.25, 0.3) is 12.2 Å². The van der Waals surface area contributed by atoms with Crippen LogP contribution in [0.1, 0.15) is 38.8 Å². The Morgan fingerprint density at radius 1 is 0.667 bits per heavy atom. The fourth-order valence-corrected chi connectivity index (χ4v) is 2.88. The molecule has 2 aromatic rings. The van der Waals surface area contributed by atoms with Crippen LogP contribution in [-0.4, -0.2) is 42.0 Å². The van der Waals surface area contributed by atoms with Crippen LogP contribution in [0.4, 0.5) is 11.4 Å². The van der Waals surface area contributed by atoms with Gasteiger partial charge in [0, 0.05) is 37.6 Å². The number of nitrogens with one attached hydrogen (secondary N) is 2. The van der Waals surface area contributed by atoms with Crippen LogP contribution in [0.5, 0.6) is 0 Å². The predicted molar refractivity (Wildman–Crippen MR) is 129 cm³/mol. The second-order valence-corrected chi connectivity index (χ2v) is 6.88. The third kappa shape index (κ3) is 7.85. The van der Waals surface area contributed by atoms with Gasteiger partial charge in [0.05, 0.1) is 0 Å². The Balaban J connectivity index is 1.88. The van der Waals surface area contributed by atoms with Crippen molar-refractivity contribution in [3.05, 3.63) is 71.8 Å². The van der Waals surface area contributed by atoms with Gasteiger partial charge in [0.1, 0.15) is 0 Å². The van der Waals surface area contributed by atoms with Crippen molar-refractivity contribution in [2.75, 3.05) is 37.0 Å². The lowest BCUT2D eigenvalue weighted by atomic mass is 10.1. The van der Waals surface area contributed by atoms with E-state index in [1.165, 1.54) is 0 Å². The lowest BCUT2D eigenvalue weighted by Gasteiger charge is -2.20. The van der Waals surface area contributed by atoms with Crippen LogP contribution in [0.15, 0.2) is 60.7 Å². The Kier molecular flexibility index (Phi) is 9.84. The van der Waals surface area contributed by atoms with E-state index in [9.17, 15) is 4.79 Å². The van der Waals surface area contributed by atoms with Gasteiger partial charge in [-0.1, -0.05) is 64.1 Å². The Morgan fingerprint density at radius 2 is 1.00 bits per heavy atom. The largest absolute Gasteiger partial charge is 0.319 e. The fraction of sp³-hybridized carbons (Fsp3) is 0.320. The minimum atomic E-state index is -0.0364. The predicted octanol–water partition coefficient (Wildman–Crippen LogP) is 5.32. The highest BCUT2D eigenvalue weighted by Gasteiger charge is 2.00. The molecule has 0 aliphatic rings. The number of carbonyl (C=O) groups is 1. The van der Waals surface area contributed by atoms with Gasteiger partial charge in [0.25, 0.3) is 0 Å². The summed E-state index contributed by atoms with van der Waals surface area (Å²) in [4.78, 5) is 12.2. The molecule has 2 N–H and O–H groups in total.